The van der Waals surface area contributed by atoms with Crippen molar-refractivity contribution in [3.8, 4) is 5.75 Å². The quantitative estimate of drug-likeness (QED) is 0.224. The molecule has 1 amide bonds. The molecule has 0 heterocycles. The van der Waals surface area contributed by atoms with Gasteiger partial charge in [-0.05, 0) is 87.0 Å². The van der Waals surface area contributed by atoms with E-state index in [1.807, 2.05) is 0 Å². The number of carbonyl (C=O) groups excluding carboxylic acids is 2. The second-order valence-corrected chi connectivity index (χ2v) is 11.3. The van der Waals surface area contributed by atoms with Crippen molar-refractivity contribution in [3.63, 3.8) is 0 Å². The van der Waals surface area contributed by atoms with Crippen molar-refractivity contribution in [2.24, 2.45) is 5.10 Å². The van der Waals surface area contributed by atoms with E-state index in [0.717, 1.165) is 4.31 Å². The molecular formula is C27H28ClN3O6S. The number of sulfonamides is 1. The van der Waals surface area contributed by atoms with Crippen LogP contribution in [0.2, 0.25) is 5.02 Å². The Morgan fingerprint density at radius 3 is 2.21 bits per heavy atom. The number of rotatable bonds is 10. The second kappa shape index (κ2) is 12.6. The van der Waals surface area contributed by atoms with Crippen LogP contribution in [0.5, 0.6) is 5.75 Å². The highest BCUT2D eigenvalue weighted by Crippen LogP contribution is 2.25. The van der Waals surface area contributed by atoms with Crippen LogP contribution in [-0.4, -0.2) is 45.3 Å². The lowest BCUT2D eigenvalue weighted by Gasteiger charge is -2.23. The van der Waals surface area contributed by atoms with E-state index in [1.54, 1.807) is 75.4 Å². The van der Waals surface area contributed by atoms with Crippen molar-refractivity contribution < 1.29 is 27.5 Å². The van der Waals surface area contributed by atoms with Crippen LogP contribution in [0.15, 0.2) is 88.9 Å². The topological polar surface area (TPSA) is 114 Å². The summed E-state index contributed by atoms with van der Waals surface area (Å²) in [4.78, 5) is 24.5. The SMILES string of the molecule is CC(C)(C)OC(=O)COc1ccc(/C=N\NC(=O)CN(c2ccc(Cl)cc2)S(=O)(=O)c2ccccc2)cc1. The summed E-state index contributed by atoms with van der Waals surface area (Å²) in [6.45, 7) is 4.59. The Morgan fingerprint density at radius 1 is 0.974 bits per heavy atom. The lowest BCUT2D eigenvalue weighted by Crippen LogP contribution is -2.39. The number of amides is 1. The Kier molecular flexibility index (Phi) is 9.49. The molecule has 3 rings (SSSR count). The molecule has 0 unspecified atom stereocenters. The van der Waals surface area contributed by atoms with Crippen molar-refractivity contribution in [1.29, 1.82) is 0 Å². The summed E-state index contributed by atoms with van der Waals surface area (Å²) in [7, 11) is -4.04. The Labute approximate surface area is 227 Å². The van der Waals surface area contributed by atoms with Gasteiger partial charge in [0.15, 0.2) is 6.61 Å². The summed E-state index contributed by atoms with van der Waals surface area (Å²) in [6, 6.07) is 20.6. The van der Waals surface area contributed by atoms with Gasteiger partial charge in [-0.1, -0.05) is 29.8 Å². The standard InChI is InChI=1S/C27H28ClN3O6S/c1-27(2,3)37-26(33)19-36-23-15-9-20(10-16-23)17-29-30-25(32)18-31(22-13-11-21(28)12-14-22)38(34,35)24-7-5-4-6-8-24/h4-17H,18-19H2,1-3H3,(H,30,32)/b29-17-. The maximum Gasteiger partial charge on any atom is 0.344 e. The number of esters is 1. The predicted molar refractivity (Wildman–Crippen MR) is 146 cm³/mol. The maximum absolute atomic E-state index is 13.3. The number of hydrogen-bond donors (Lipinski definition) is 1. The minimum Gasteiger partial charge on any atom is -0.482 e. The molecule has 0 aliphatic rings. The number of anilines is 1. The number of hydrogen-bond acceptors (Lipinski definition) is 7. The van der Waals surface area contributed by atoms with Crippen LogP contribution in [0, 0.1) is 0 Å². The third-order valence-electron chi connectivity index (χ3n) is 4.79. The molecule has 0 atom stereocenters. The number of ether oxygens (including phenoxy) is 2. The zero-order valence-corrected chi connectivity index (χ0v) is 22.7. The van der Waals surface area contributed by atoms with E-state index < -0.39 is 34.0 Å². The Hall–Kier alpha value is -3.89. The number of hydrazone groups is 1. The second-order valence-electron chi connectivity index (χ2n) is 9.04. The average Bonchev–Trinajstić information content (AvgIpc) is 2.87. The van der Waals surface area contributed by atoms with Crippen molar-refractivity contribution in [3.05, 3.63) is 89.4 Å². The van der Waals surface area contributed by atoms with E-state index in [0.29, 0.717) is 16.3 Å². The summed E-state index contributed by atoms with van der Waals surface area (Å²) < 4.78 is 38.1. The van der Waals surface area contributed by atoms with Gasteiger partial charge in [0.05, 0.1) is 16.8 Å². The minimum atomic E-state index is -4.04. The molecular weight excluding hydrogens is 530 g/mol. The normalized spacial score (nSPS) is 11.7. The lowest BCUT2D eigenvalue weighted by atomic mass is 10.2. The summed E-state index contributed by atoms with van der Waals surface area (Å²) in [5.41, 5.74) is 2.67. The fourth-order valence-corrected chi connectivity index (χ4v) is 4.72. The first-order valence-electron chi connectivity index (χ1n) is 11.5. The lowest BCUT2D eigenvalue weighted by molar-refractivity contribution is -0.157. The van der Waals surface area contributed by atoms with E-state index in [9.17, 15) is 18.0 Å². The highest BCUT2D eigenvalue weighted by Gasteiger charge is 2.27. The summed E-state index contributed by atoms with van der Waals surface area (Å²) in [6.07, 6.45) is 1.40. The van der Waals surface area contributed by atoms with E-state index in [-0.39, 0.29) is 17.2 Å². The molecule has 0 aromatic heterocycles. The molecule has 11 heteroatoms. The van der Waals surface area contributed by atoms with Crippen LogP contribution in [0.3, 0.4) is 0 Å². The van der Waals surface area contributed by atoms with Gasteiger partial charge in [0.2, 0.25) is 0 Å². The Morgan fingerprint density at radius 2 is 1.61 bits per heavy atom. The molecule has 0 saturated carbocycles. The molecule has 38 heavy (non-hydrogen) atoms. The zero-order valence-electron chi connectivity index (χ0n) is 21.1. The molecule has 3 aromatic carbocycles. The van der Waals surface area contributed by atoms with Gasteiger partial charge in [0.1, 0.15) is 17.9 Å². The summed E-state index contributed by atoms with van der Waals surface area (Å²) in [5.74, 6) is -0.664. The van der Waals surface area contributed by atoms with E-state index in [2.05, 4.69) is 10.5 Å². The molecule has 0 bridgehead atoms. The summed E-state index contributed by atoms with van der Waals surface area (Å²) in [5, 5.41) is 4.35. The molecule has 0 saturated heterocycles. The fourth-order valence-electron chi connectivity index (χ4n) is 3.15. The third kappa shape index (κ3) is 8.60. The first kappa shape index (κ1) is 28.7. The fraction of sp³-hybridized carbons (Fsp3) is 0.222. The molecule has 0 aliphatic heterocycles. The van der Waals surface area contributed by atoms with Crippen molar-refractivity contribution in [2.75, 3.05) is 17.5 Å². The highest BCUT2D eigenvalue weighted by molar-refractivity contribution is 7.92. The van der Waals surface area contributed by atoms with E-state index >= 15 is 0 Å². The van der Waals surface area contributed by atoms with Crippen LogP contribution >= 0.6 is 11.6 Å². The number of carbonyl (C=O) groups is 2. The van der Waals surface area contributed by atoms with Gasteiger partial charge < -0.3 is 9.47 Å². The number of halogens is 1. The number of nitrogens with one attached hydrogen (secondary N) is 1. The van der Waals surface area contributed by atoms with Crippen LogP contribution in [0.1, 0.15) is 26.3 Å². The zero-order chi connectivity index (χ0) is 27.8. The van der Waals surface area contributed by atoms with Gasteiger partial charge in [-0.15, -0.1) is 0 Å². The predicted octanol–water partition coefficient (Wildman–Crippen LogP) is 4.41. The van der Waals surface area contributed by atoms with Crippen LogP contribution in [0.25, 0.3) is 0 Å². The molecule has 1 N–H and O–H groups in total. The molecule has 0 aliphatic carbocycles. The van der Waals surface area contributed by atoms with Crippen LogP contribution < -0.4 is 14.5 Å². The number of nitrogens with zero attached hydrogens (tertiary/aromatic N) is 2. The first-order chi connectivity index (χ1) is 17.9. The molecule has 3 aromatic rings. The van der Waals surface area contributed by atoms with Gasteiger partial charge in [0.25, 0.3) is 15.9 Å². The number of benzene rings is 3. The van der Waals surface area contributed by atoms with Crippen molar-refractivity contribution in [1.82, 2.24) is 5.43 Å². The van der Waals surface area contributed by atoms with Gasteiger partial charge >= 0.3 is 5.97 Å². The van der Waals surface area contributed by atoms with Gasteiger partial charge in [-0.2, -0.15) is 5.10 Å². The van der Waals surface area contributed by atoms with Crippen LogP contribution in [0.4, 0.5) is 5.69 Å². The molecule has 200 valence electrons. The molecule has 0 fully saturated rings. The smallest absolute Gasteiger partial charge is 0.344 e. The van der Waals surface area contributed by atoms with Gasteiger partial charge in [-0.25, -0.2) is 18.6 Å². The summed E-state index contributed by atoms with van der Waals surface area (Å²) >= 11 is 5.95. The molecule has 9 nitrogen and oxygen atoms in total. The molecule has 0 spiro atoms. The van der Waals surface area contributed by atoms with Crippen LogP contribution in [-0.2, 0) is 24.3 Å². The largest absolute Gasteiger partial charge is 0.482 e. The highest BCUT2D eigenvalue weighted by atomic mass is 35.5. The van der Waals surface area contributed by atoms with Crippen molar-refractivity contribution >= 4 is 45.4 Å². The monoisotopic (exact) mass is 557 g/mol. The van der Waals surface area contributed by atoms with Gasteiger partial charge in [-0.3, -0.25) is 9.10 Å². The first-order valence-corrected chi connectivity index (χ1v) is 13.4. The third-order valence-corrected chi connectivity index (χ3v) is 6.83. The van der Waals surface area contributed by atoms with E-state index in [4.69, 9.17) is 21.1 Å². The van der Waals surface area contributed by atoms with E-state index in [1.165, 1.54) is 30.5 Å². The Balaban J connectivity index is 1.63. The van der Waals surface area contributed by atoms with Gasteiger partial charge in [0, 0.05) is 5.02 Å². The Bertz CT molecular complexity index is 1370. The maximum atomic E-state index is 13.3. The minimum absolute atomic E-state index is 0.0419. The average molecular weight is 558 g/mol. The van der Waals surface area contributed by atoms with Crippen molar-refractivity contribution in [2.45, 2.75) is 31.3 Å². The molecule has 0 radical (unpaired) electrons.